The Balaban J connectivity index is 2.06. The Labute approximate surface area is 139 Å². The zero-order valence-electron chi connectivity index (χ0n) is 14.7. The Morgan fingerprint density at radius 1 is 1.17 bits per heavy atom. The molecule has 0 saturated carbocycles. The second-order valence-corrected chi connectivity index (χ2v) is 6.91. The molecule has 1 aliphatic rings. The summed E-state index contributed by atoms with van der Waals surface area (Å²) >= 11 is 0. The third-order valence-electron chi connectivity index (χ3n) is 4.68. The highest BCUT2D eigenvalue weighted by molar-refractivity contribution is 5.97. The first kappa shape index (κ1) is 17.5. The van der Waals surface area contributed by atoms with Crippen molar-refractivity contribution in [3.05, 3.63) is 29.8 Å². The van der Waals surface area contributed by atoms with Gasteiger partial charge in [-0.2, -0.15) is 0 Å². The minimum Gasteiger partial charge on any atom is -0.341 e. The number of rotatable bonds is 4. The van der Waals surface area contributed by atoms with Crippen molar-refractivity contribution in [3.63, 3.8) is 0 Å². The average Bonchev–Trinajstić information content (AvgIpc) is 2.53. The molecule has 0 N–H and O–H groups in total. The summed E-state index contributed by atoms with van der Waals surface area (Å²) in [6, 6.07) is 7.93. The average molecular weight is 316 g/mol. The molecule has 23 heavy (non-hydrogen) atoms. The normalized spacial score (nSPS) is 15.8. The molecule has 1 aliphatic heterocycles. The standard InChI is InChI=1S/C19H28N2O2/c1-14(2)17-5-7-18(8-6-17)21(16(4)22)13-19(23)20-11-9-15(3)10-12-20/h5-8,14-15H,9-13H2,1-4H3. The van der Waals surface area contributed by atoms with Crippen LogP contribution in [0.25, 0.3) is 0 Å². The van der Waals surface area contributed by atoms with E-state index in [0.29, 0.717) is 11.8 Å². The molecule has 4 nitrogen and oxygen atoms in total. The maximum Gasteiger partial charge on any atom is 0.242 e. The van der Waals surface area contributed by atoms with E-state index in [2.05, 4.69) is 20.8 Å². The summed E-state index contributed by atoms with van der Waals surface area (Å²) in [5, 5.41) is 0. The Kier molecular flexibility index (Phi) is 5.80. The highest BCUT2D eigenvalue weighted by Gasteiger charge is 2.23. The number of nitrogens with zero attached hydrogens (tertiary/aromatic N) is 2. The fourth-order valence-corrected chi connectivity index (χ4v) is 2.92. The molecule has 126 valence electrons. The number of carbonyl (C=O) groups excluding carboxylic acids is 2. The van der Waals surface area contributed by atoms with Crippen LogP contribution in [0.1, 0.15) is 52.0 Å². The number of benzene rings is 1. The van der Waals surface area contributed by atoms with Crippen molar-refractivity contribution < 1.29 is 9.59 Å². The maximum absolute atomic E-state index is 12.5. The summed E-state index contributed by atoms with van der Waals surface area (Å²) in [7, 11) is 0. The first-order chi connectivity index (χ1) is 10.9. The molecule has 0 aromatic heterocycles. The van der Waals surface area contributed by atoms with Gasteiger partial charge < -0.3 is 9.80 Å². The van der Waals surface area contributed by atoms with Crippen molar-refractivity contribution in [2.75, 3.05) is 24.5 Å². The predicted octanol–water partition coefficient (Wildman–Crippen LogP) is 3.42. The molecule has 0 spiro atoms. The Bertz CT molecular complexity index is 543. The Morgan fingerprint density at radius 2 is 1.74 bits per heavy atom. The van der Waals surface area contributed by atoms with E-state index in [1.807, 2.05) is 29.2 Å². The monoisotopic (exact) mass is 316 g/mol. The molecule has 1 heterocycles. The van der Waals surface area contributed by atoms with Gasteiger partial charge in [-0.1, -0.05) is 32.9 Å². The summed E-state index contributed by atoms with van der Waals surface area (Å²) in [5.41, 5.74) is 2.02. The van der Waals surface area contributed by atoms with Gasteiger partial charge in [0.05, 0.1) is 0 Å². The Hall–Kier alpha value is -1.84. The second kappa shape index (κ2) is 7.62. The zero-order valence-corrected chi connectivity index (χ0v) is 14.7. The number of likely N-dealkylation sites (tertiary alicyclic amines) is 1. The van der Waals surface area contributed by atoms with E-state index in [1.54, 1.807) is 4.90 Å². The fourth-order valence-electron chi connectivity index (χ4n) is 2.92. The molecule has 2 rings (SSSR count). The summed E-state index contributed by atoms with van der Waals surface area (Å²) in [6.45, 7) is 9.75. The lowest BCUT2D eigenvalue weighted by atomic mass is 9.99. The number of carbonyl (C=O) groups is 2. The van der Waals surface area contributed by atoms with Crippen LogP contribution in [0.2, 0.25) is 0 Å². The topological polar surface area (TPSA) is 40.6 Å². The van der Waals surface area contributed by atoms with Crippen LogP contribution in [0.4, 0.5) is 5.69 Å². The van der Waals surface area contributed by atoms with E-state index in [1.165, 1.54) is 12.5 Å². The minimum atomic E-state index is -0.0963. The van der Waals surface area contributed by atoms with Crippen LogP contribution in [0.5, 0.6) is 0 Å². The van der Waals surface area contributed by atoms with Crippen LogP contribution in [-0.2, 0) is 9.59 Å². The van der Waals surface area contributed by atoms with Crippen molar-refractivity contribution in [3.8, 4) is 0 Å². The van der Waals surface area contributed by atoms with Gasteiger partial charge in [0.25, 0.3) is 0 Å². The highest BCUT2D eigenvalue weighted by Crippen LogP contribution is 2.21. The largest absolute Gasteiger partial charge is 0.341 e. The van der Waals surface area contributed by atoms with Crippen molar-refractivity contribution in [2.45, 2.75) is 46.5 Å². The number of piperidine rings is 1. The molecule has 0 unspecified atom stereocenters. The lowest BCUT2D eigenvalue weighted by Gasteiger charge is -2.32. The molecular formula is C19H28N2O2. The summed E-state index contributed by atoms with van der Waals surface area (Å²) in [6.07, 6.45) is 2.10. The third kappa shape index (κ3) is 4.57. The van der Waals surface area contributed by atoms with Crippen molar-refractivity contribution >= 4 is 17.5 Å². The Morgan fingerprint density at radius 3 is 2.22 bits per heavy atom. The molecule has 2 amide bonds. The number of hydrogen-bond acceptors (Lipinski definition) is 2. The van der Waals surface area contributed by atoms with Crippen LogP contribution in [0, 0.1) is 5.92 Å². The quantitative estimate of drug-likeness (QED) is 0.854. The van der Waals surface area contributed by atoms with Gasteiger partial charge >= 0.3 is 0 Å². The van der Waals surface area contributed by atoms with Crippen LogP contribution in [0.15, 0.2) is 24.3 Å². The molecule has 0 bridgehead atoms. The molecule has 0 aliphatic carbocycles. The molecule has 0 atom stereocenters. The summed E-state index contributed by atoms with van der Waals surface area (Å²) in [5.74, 6) is 1.08. The lowest BCUT2D eigenvalue weighted by Crippen LogP contribution is -2.45. The molecular weight excluding hydrogens is 288 g/mol. The van der Waals surface area contributed by atoms with Gasteiger partial charge in [-0.25, -0.2) is 0 Å². The third-order valence-corrected chi connectivity index (χ3v) is 4.68. The SMILES string of the molecule is CC(=O)N(CC(=O)N1CCC(C)CC1)c1ccc(C(C)C)cc1. The van der Waals surface area contributed by atoms with E-state index < -0.39 is 0 Å². The van der Waals surface area contributed by atoms with Gasteiger partial charge in [0.1, 0.15) is 6.54 Å². The lowest BCUT2D eigenvalue weighted by molar-refractivity contribution is -0.132. The number of amides is 2. The van der Waals surface area contributed by atoms with E-state index in [4.69, 9.17) is 0 Å². The summed E-state index contributed by atoms with van der Waals surface area (Å²) in [4.78, 5) is 28.0. The minimum absolute atomic E-state index is 0.0417. The first-order valence-corrected chi connectivity index (χ1v) is 8.54. The van der Waals surface area contributed by atoms with Crippen LogP contribution < -0.4 is 4.90 Å². The fraction of sp³-hybridized carbons (Fsp3) is 0.579. The molecule has 0 radical (unpaired) electrons. The predicted molar refractivity (Wildman–Crippen MR) is 93.5 cm³/mol. The summed E-state index contributed by atoms with van der Waals surface area (Å²) < 4.78 is 0. The van der Waals surface area contributed by atoms with Gasteiger partial charge in [0, 0.05) is 25.7 Å². The van der Waals surface area contributed by atoms with Gasteiger partial charge in [-0.05, 0) is 42.4 Å². The molecule has 1 saturated heterocycles. The molecule has 1 aromatic rings. The van der Waals surface area contributed by atoms with Crippen molar-refractivity contribution in [1.82, 2.24) is 4.90 Å². The van der Waals surface area contributed by atoms with Gasteiger partial charge in [-0.15, -0.1) is 0 Å². The first-order valence-electron chi connectivity index (χ1n) is 8.54. The van der Waals surface area contributed by atoms with Crippen molar-refractivity contribution in [1.29, 1.82) is 0 Å². The van der Waals surface area contributed by atoms with E-state index >= 15 is 0 Å². The molecule has 1 aromatic carbocycles. The van der Waals surface area contributed by atoms with Gasteiger partial charge in [-0.3, -0.25) is 9.59 Å². The maximum atomic E-state index is 12.5. The van der Waals surface area contributed by atoms with E-state index in [9.17, 15) is 9.59 Å². The number of anilines is 1. The van der Waals surface area contributed by atoms with Crippen LogP contribution in [-0.4, -0.2) is 36.3 Å². The zero-order chi connectivity index (χ0) is 17.0. The van der Waals surface area contributed by atoms with Gasteiger partial charge in [0.2, 0.25) is 11.8 Å². The van der Waals surface area contributed by atoms with Crippen molar-refractivity contribution in [2.24, 2.45) is 5.92 Å². The van der Waals surface area contributed by atoms with Crippen LogP contribution >= 0.6 is 0 Å². The molecule has 4 heteroatoms. The highest BCUT2D eigenvalue weighted by atomic mass is 16.2. The van der Waals surface area contributed by atoms with E-state index in [0.717, 1.165) is 31.6 Å². The number of hydrogen-bond donors (Lipinski definition) is 0. The smallest absolute Gasteiger partial charge is 0.242 e. The van der Waals surface area contributed by atoms with Gasteiger partial charge in [0.15, 0.2) is 0 Å². The molecule has 1 fully saturated rings. The van der Waals surface area contributed by atoms with E-state index in [-0.39, 0.29) is 18.4 Å². The van der Waals surface area contributed by atoms with Crippen LogP contribution in [0.3, 0.4) is 0 Å². The second-order valence-electron chi connectivity index (χ2n) is 6.91.